The fraction of sp³-hybridized carbons (Fsp3) is 0.133. The molecule has 0 aliphatic rings. The standard InChI is InChI=1S/C15H14BrFN2O/c1-9(10-2-5-12(16)6-3-10)19-15(20)11-4-7-13(17)14(18)8-11/h2-9H,18H2,1H3,(H,19,20)/t9-/m0/s1. The maximum atomic E-state index is 13.1. The quantitative estimate of drug-likeness (QED) is 0.840. The summed E-state index contributed by atoms with van der Waals surface area (Å²) in [5, 5.41) is 2.85. The van der Waals surface area contributed by atoms with E-state index >= 15 is 0 Å². The molecule has 0 spiro atoms. The van der Waals surface area contributed by atoms with Crippen molar-refractivity contribution in [1.82, 2.24) is 5.32 Å². The number of rotatable bonds is 3. The number of carbonyl (C=O) groups excluding carboxylic acids is 1. The number of anilines is 1. The molecule has 0 heterocycles. The molecular weight excluding hydrogens is 323 g/mol. The van der Waals surface area contributed by atoms with Gasteiger partial charge in [-0.2, -0.15) is 0 Å². The van der Waals surface area contributed by atoms with E-state index in [0.29, 0.717) is 5.56 Å². The SMILES string of the molecule is C[C@H](NC(=O)c1ccc(F)c(N)c1)c1ccc(Br)cc1. The Morgan fingerprint density at radius 1 is 1.25 bits per heavy atom. The van der Waals surface area contributed by atoms with Crippen LogP contribution >= 0.6 is 15.9 Å². The number of hydrogen-bond donors (Lipinski definition) is 2. The summed E-state index contributed by atoms with van der Waals surface area (Å²) in [5.74, 6) is -0.811. The molecule has 2 rings (SSSR count). The van der Waals surface area contributed by atoms with E-state index < -0.39 is 5.82 Å². The summed E-state index contributed by atoms with van der Waals surface area (Å²) in [6, 6.07) is 11.5. The van der Waals surface area contributed by atoms with E-state index in [1.165, 1.54) is 18.2 Å². The minimum atomic E-state index is -0.525. The number of benzene rings is 2. The fourth-order valence-electron chi connectivity index (χ4n) is 1.80. The molecule has 104 valence electrons. The van der Waals surface area contributed by atoms with Gasteiger partial charge in [0.05, 0.1) is 11.7 Å². The van der Waals surface area contributed by atoms with Crippen molar-refractivity contribution in [2.45, 2.75) is 13.0 Å². The normalized spacial score (nSPS) is 11.9. The Kier molecular flexibility index (Phi) is 4.39. The molecule has 2 aromatic carbocycles. The fourth-order valence-corrected chi connectivity index (χ4v) is 2.06. The first-order chi connectivity index (χ1) is 9.47. The van der Waals surface area contributed by atoms with Gasteiger partial charge >= 0.3 is 0 Å². The first-order valence-electron chi connectivity index (χ1n) is 6.08. The van der Waals surface area contributed by atoms with Crippen molar-refractivity contribution < 1.29 is 9.18 Å². The Morgan fingerprint density at radius 2 is 1.90 bits per heavy atom. The molecular formula is C15H14BrFN2O. The summed E-state index contributed by atoms with van der Waals surface area (Å²) < 4.78 is 14.0. The van der Waals surface area contributed by atoms with E-state index in [9.17, 15) is 9.18 Å². The summed E-state index contributed by atoms with van der Waals surface area (Å²) in [7, 11) is 0. The highest BCUT2D eigenvalue weighted by Gasteiger charge is 2.12. The predicted octanol–water partition coefficient (Wildman–Crippen LogP) is 3.66. The molecule has 3 nitrogen and oxygen atoms in total. The minimum Gasteiger partial charge on any atom is -0.396 e. The molecule has 0 fully saturated rings. The Morgan fingerprint density at radius 3 is 2.50 bits per heavy atom. The van der Waals surface area contributed by atoms with E-state index in [0.717, 1.165) is 10.0 Å². The molecule has 0 aliphatic carbocycles. The van der Waals surface area contributed by atoms with Gasteiger partial charge in [0.15, 0.2) is 0 Å². The molecule has 0 aliphatic heterocycles. The Bertz CT molecular complexity index is 628. The first kappa shape index (κ1) is 14.5. The van der Waals surface area contributed by atoms with Crippen molar-refractivity contribution in [1.29, 1.82) is 0 Å². The molecule has 3 N–H and O–H groups in total. The number of hydrogen-bond acceptors (Lipinski definition) is 2. The van der Waals surface area contributed by atoms with E-state index in [1.54, 1.807) is 0 Å². The lowest BCUT2D eigenvalue weighted by molar-refractivity contribution is 0.0940. The summed E-state index contributed by atoms with van der Waals surface area (Å²) in [5.41, 5.74) is 6.75. The van der Waals surface area contributed by atoms with E-state index in [2.05, 4.69) is 21.2 Å². The topological polar surface area (TPSA) is 55.1 Å². The summed E-state index contributed by atoms with van der Waals surface area (Å²) >= 11 is 3.36. The minimum absolute atomic E-state index is 0.0334. The zero-order valence-corrected chi connectivity index (χ0v) is 12.4. The van der Waals surface area contributed by atoms with Crippen LogP contribution in [0.5, 0.6) is 0 Å². The largest absolute Gasteiger partial charge is 0.396 e. The highest BCUT2D eigenvalue weighted by atomic mass is 79.9. The van der Waals surface area contributed by atoms with Crippen LogP contribution in [-0.4, -0.2) is 5.91 Å². The lowest BCUT2D eigenvalue weighted by Gasteiger charge is -2.14. The van der Waals surface area contributed by atoms with Crippen LogP contribution in [0.4, 0.5) is 10.1 Å². The average Bonchev–Trinajstić information content (AvgIpc) is 2.42. The monoisotopic (exact) mass is 336 g/mol. The molecule has 0 saturated carbocycles. The van der Waals surface area contributed by atoms with Crippen molar-refractivity contribution in [2.24, 2.45) is 0 Å². The summed E-state index contributed by atoms with van der Waals surface area (Å²) in [6.07, 6.45) is 0. The molecule has 20 heavy (non-hydrogen) atoms. The third-order valence-corrected chi connectivity index (χ3v) is 3.50. The first-order valence-corrected chi connectivity index (χ1v) is 6.88. The van der Waals surface area contributed by atoms with Gasteiger partial charge in [0.25, 0.3) is 5.91 Å². The predicted molar refractivity (Wildman–Crippen MR) is 80.8 cm³/mol. The number of carbonyl (C=O) groups is 1. The molecule has 2 aromatic rings. The highest BCUT2D eigenvalue weighted by Crippen LogP contribution is 2.18. The van der Waals surface area contributed by atoms with Crippen molar-refractivity contribution in [3.8, 4) is 0 Å². The Labute approximate surface area is 125 Å². The van der Waals surface area contributed by atoms with Crippen LogP contribution in [0.3, 0.4) is 0 Å². The Balaban J connectivity index is 2.10. The number of nitrogen functional groups attached to an aromatic ring is 1. The third-order valence-electron chi connectivity index (χ3n) is 2.98. The van der Waals surface area contributed by atoms with Gasteiger partial charge in [-0.3, -0.25) is 4.79 Å². The second-order valence-corrected chi connectivity index (χ2v) is 5.40. The molecule has 0 unspecified atom stereocenters. The second-order valence-electron chi connectivity index (χ2n) is 4.48. The van der Waals surface area contributed by atoms with Crippen LogP contribution in [0, 0.1) is 5.82 Å². The zero-order valence-electron chi connectivity index (χ0n) is 10.9. The maximum absolute atomic E-state index is 13.1. The number of nitrogens with one attached hydrogen (secondary N) is 1. The van der Waals surface area contributed by atoms with Gasteiger partial charge in [0.1, 0.15) is 5.82 Å². The smallest absolute Gasteiger partial charge is 0.251 e. The van der Waals surface area contributed by atoms with Gasteiger partial charge in [-0.15, -0.1) is 0 Å². The molecule has 0 aromatic heterocycles. The molecule has 0 radical (unpaired) electrons. The average molecular weight is 337 g/mol. The number of nitrogens with two attached hydrogens (primary N) is 1. The van der Waals surface area contributed by atoms with E-state index in [4.69, 9.17) is 5.73 Å². The van der Waals surface area contributed by atoms with Gasteiger partial charge in [0, 0.05) is 10.0 Å². The molecule has 0 bridgehead atoms. The molecule has 1 atom stereocenters. The van der Waals surface area contributed by atoms with Gasteiger partial charge < -0.3 is 11.1 Å². The van der Waals surface area contributed by atoms with E-state index in [-0.39, 0.29) is 17.6 Å². The Hall–Kier alpha value is -1.88. The van der Waals surface area contributed by atoms with Gasteiger partial charge in [-0.05, 0) is 42.8 Å². The zero-order chi connectivity index (χ0) is 14.7. The van der Waals surface area contributed by atoms with Gasteiger partial charge in [-0.1, -0.05) is 28.1 Å². The highest BCUT2D eigenvalue weighted by molar-refractivity contribution is 9.10. The van der Waals surface area contributed by atoms with Crippen LogP contribution < -0.4 is 11.1 Å². The third kappa shape index (κ3) is 3.36. The molecule has 0 saturated heterocycles. The van der Waals surface area contributed by atoms with Crippen LogP contribution in [0.15, 0.2) is 46.9 Å². The number of halogens is 2. The van der Waals surface area contributed by atoms with Crippen molar-refractivity contribution >= 4 is 27.5 Å². The maximum Gasteiger partial charge on any atom is 0.251 e. The lowest BCUT2D eigenvalue weighted by atomic mass is 10.1. The van der Waals surface area contributed by atoms with Crippen LogP contribution in [0.25, 0.3) is 0 Å². The second kappa shape index (κ2) is 6.05. The van der Waals surface area contributed by atoms with Crippen molar-refractivity contribution in [2.75, 3.05) is 5.73 Å². The van der Waals surface area contributed by atoms with Crippen molar-refractivity contribution in [3.63, 3.8) is 0 Å². The van der Waals surface area contributed by atoms with Gasteiger partial charge in [0.2, 0.25) is 0 Å². The molecule has 1 amide bonds. The summed E-state index contributed by atoms with van der Waals surface area (Å²) in [4.78, 5) is 12.1. The lowest BCUT2D eigenvalue weighted by Crippen LogP contribution is -2.26. The van der Waals surface area contributed by atoms with Crippen LogP contribution in [0.2, 0.25) is 0 Å². The van der Waals surface area contributed by atoms with E-state index in [1.807, 2.05) is 31.2 Å². The number of amides is 1. The van der Waals surface area contributed by atoms with Crippen LogP contribution in [-0.2, 0) is 0 Å². The van der Waals surface area contributed by atoms with Gasteiger partial charge in [-0.25, -0.2) is 4.39 Å². The summed E-state index contributed by atoms with van der Waals surface area (Å²) in [6.45, 7) is 1.88. The van der Waals surface area contributed by atoms with Crippen LogP contribution in [0.1, 0.15) is 28.9 Å². The van der Waals surface area contributed by atoms with Crippen molar-refractivity contribution in [3.05, 3.63) is 63.9 Å². The molecule has 5 heteroatoms.